The van der Waals surface area contributed by atoms with E-state index in [2.05, 4.69) is 19.9 Å². The molecule has 2 rings (SSSR count). The van der Waals surface area contributed by atoms with Crippen molar-refractivity contribution in [3.05, 3.63) is 11.9 Å². The number of nitrogens with zero attached hydrogens (tertiary/aromatic N) is 4. The fourth-order valence-corrected chi connectivity index (χ4v) is 2.81. The summed E-state index contributed by atoms with van der Waals surface area (Å²) in [6.07, 6.45) is 5.63. The molecule has 0 bridgehead atoms. The third-order valence-corrected chi connectivity index (χ3v) is 4.66. The Balaban J connectivity index is 1.84. The van der Waals surface area contributed by atoms with E-state index in [9.17, 15) is 8.42 Å². The molecular formula is C11H21N5O2S. The molecule has 0 aliphatic carbocycles. The SMILES string of the molecule is CNS(=O)(=O)CCn1cc(CN2CCCCC2)nn1. The fourth-order valence-electron chi connectivity index (χ4n) is 2.18. The molecule has 1 aromatic heterocycles. The first-order valence-electron chi connectivity index (χ1n) is 6.62. The smallest absolute Gasteiger partial charge is 0.213 e. The van der Waals surface area contributed by atoms with Gasteiger partial charge in [-0.3, -0.25) is 9.58 Å². The van der Waals surface area contributed by atoms with Crippen LogP contribution in [0.4, 0.5) is 0 Å². The molecule has 1 aliphatic heterocycles. The molecule has 0 unspecified atom stereocenters. The number of sulfonamides is 1. The van der Waals surface area contributed by atoms with Crippen LogP contribution in [-0.2, 0) is 23.1 Å². The van der Waals surface area contributed by atoms with Crippen LogP contribution in [0.15, 0.2) is 6.20 Å². The molecule has 8 heteroatoms. The highest BCUT2D eigenvalue weighted by Crippen LogP contribution is 2.11. The van der Waals surface area contributed by atoms with E-state index in [1.807, 2.05) is 6.20 Å². The largest absolute Gasteiger partial charge is 0.297 e. The van der Waals surface area contributed by atoms with E-state index >= 15 is 0 Å². The van der Waals surface area contributed by atoms with Gasteiger partial charge in [-0.05, 0) is 33.0 Å². The van der Waals surface area contributed by atoms with Crippen molar-refractivity contribution in [1.82, 2.24) is 24.6 Å². The number of hydrogen-bond acceptors (Lipinski definition) is 5. The summed E-state index contributed by atoms with van der Waals surface area (Å²) in [4.78, 5) is 2.36. The molecule has 1 N–H and O–H groups in total. The lowest BCUT2D eigenvalue weighted by Crippen LogP contribution is -2.29. The summed E-state index contributed by atoms with van der Waals surface area (Å²) in [6, 6.07) is 0. The van der Waals surface area contributed by atoms with E-state index in [1.54, 1.807) is 4.68 Å². The zero-order chi connectivity index (χ0) is 13.7. The number of rotatable bonds is 6. The number of piperidine rings is 1. The fraction of sp³-hybridized carbons (Fsp3) is 0.818. The first-order chi connectivity index (χ1) is 9.09. The number of aromatic nitrogens is 3. The summed E-state index contributed by atoms with van der Waals surface area (Å²) in [5.74, 6) is 0.0238. The minimum atomic E-state index is -3.18. The summed E-state index contributed by atoms with van der Waals surface area (Å²) in [7, 11) is -1.77. The summed E-state index contributed by atoms with van der Waals surface area (Å²) < 4.78 is 26.5. The van der Waals surface area contributed by atoms with Gasteiger partial charge in [-0.25, -0.2) is 13.1 Å². The maximum absolute atomic E-state index is 11.3. The average molecular weight is 287 g/mol. The molecule has 19 heavy (non-hydrogen) atoms. The molecule has 108 valence electrons. The van der Waals surface area contributed by atoms with Crippen LogP contribution in [0, 0.1) is 0 Å². The molecule has 0 amide bonds. The van der Waals surface area contributed by atoms with Crippen molar-refractivity contribution in [2.45, 2.75) is 32.4 Å². The van der Waals surface area contributed by atoms with Gasteiger partial charge < -0.3 is 0 Å². The molecule has 0 aromatic carbocycles. The molecule has 0 spiro atoms. The van der Waals surface area contributed by atoms with Crippen molar-refractivity contribution in [2.75, 3.05) is 25.9 Å². The van der Waals surface area contributed by atoms with E-state index in [0.717, 1.165) is 25.3 Å². The Labute approximate surface area is 114 Å². The lowest BCUT2D eigenvalue weighted by Gasteiger charge is -2.25. The number of hydrogen-bond donors (Lipinski definition) is 1. The highest BCUT2D eigenvalue weighted by Gasteiger charge is 2.13. The summed E-state index contributed by atoms with van der Waals surface area (Å²) >= 11 is 0. The van der Waals surface area contributed by atoms with E-state index < -0.39 is 10.0 Å². The van der Waals surface area contributed by atoms with Crippen molar-refractivity contribution in [3.63, 3.8) is 0 Å². The van der Waals surface area contributed by atoms with Crippen LogP contribution in [0.1, 0.15) is 25.0 Å². The van der Waals surface area contributed by atoms with Crippen molar-refractivity contribution >= 4 is 10.0 Å². The summed E-state index contributed by atoms with van der Waals surface area (Å²) in [5.41, 5.74) is 0.906. The molecular weight excluding hydrogens is 266 g/mol. The zero-order valence-corrected chi connectivity index (χ0v) is 12.1. The summed E-state index contributed by atoms with van der Waals surface area (Å²) in [6.45, 7) is 3.36. The molecule has 7 nitrogen and oxygen atoms in total. The summed E-state index contributed by atoms with van der Waals surface area (Å²) in [5, 5.41) is 8.06. The predicted molar refractivity (Wildman–Crippen MR) is 72.0 cm³/mol. The maximum atomic E-state index is 11.3. The lowest BCUT2D eigenvalue weighted by atomic mass is 10.1. The van der Waals surface area contributed by atoms with Gasteiger partial charge >= 0.3 is 0 Å². The van der Waals surface area contributed by atoms with E-state index in [-0.39, 0.29) is 5.75 Å². The van der Waals surface area contributed by atoms with Gasteiger partial charge in [0.25, 0.3) is 0 Å². The van der Waals surface area contributed by atoms with Crippen LogP contribution >= 0.6 is 0 Å². The van der Waals surface area contributed by atoms with Crippen LogP contribution in [0.3, 0.4) is 0 Å². The Bertz CT molecular complexity index is 493. The van der Waals surface area contributed by atoms with Crippen LogP contribution < -0.4 is 4.72 Å². The number of nitrogens with one attached hydrogen (secondary N) is 1. The van der Waals surface area contributed by atoms with Gasteiger partial charge in [-0.15, -0.1) is 5.10 Å². The Morgan fingerprint density at radius 3 is 2.74 bits per heavy atom. The van der Waals surface area contributed by atoms with E-state index in [4.69, 9.17) is 0 Å². The standard InChI is InChI=1S/C11H21N5O2S/c1-12-19(17,18)8-7-16-10-11(13-14-16)9-15-5-3-2-4-6-15/h10,12H,2-9H2,1H3. The average Bonchev–Trinajstić information content (AvgIpc) is 2.86. The minimum Gasteiger partial charge on any atom is -0.297 e. The Hall–Kier alpha value is -0.990. The van der Waals surface area contributed by atoms with Crippen LogP contribution in [0.2, 0.25) is 0 Å². The highest BCUT2D eigenvalue weighted by atomic mass is 32.2. The Kier molecular flexibility index (Phi) is 4.89. The first kappa shape index (κ1) is 14.4. The van der Waals surface area contributed by atoms with Gasteiger partial charge in [0.2, 0.25) is 10.0 Å². The van der Waals surface area contributed by atoms with Gasteiger partial charge in [0.05, 0.1) is 18.0 Å². The third-order valence-electron chi connectivity index (χ3n) is 3.32. The van der Waals surface area contributed by atoms with Gasteiger partial charge in [0, 0.05) is 12.7 Å². The third kappa shape index (κ3) is 4.55. The minimum absolute atomic E-state index is 0.0238. The Morgan fingerprint density at radius 1 is 1.32 bits per heavy atom. The molecule has 1 aliphatic rings. The predicted octanol–water partition coefficient (Wildman–Crippen LogP) is -0.187. The molecule has 0 radical (unpaired) electrons. The van der Waals surface area contributed by atoms with Crippen LogP contribution in [-0.4, -0.2) is 54.2 Å². The van der Waals surface area contributed by atoms with Crippen LogP contribution in [0.25, 0.3) is 0 Å². The molecule has 1 aromatic rings. The molecule has 1 saturated heterocycles. The highest BCUT2D eigenvalue weighted by molar-refractivity contribution is 7.89. The number of likely N-dealkylation sites (tertiary alicyclic amines) is 1. The molecule has 0 atom stereocenters. The second-order valence-electron chi connectivity index (χ2n) is 4.83. The van der Waals surface area contributed by atoms with E-state index in [1.165, 1.54) is 26.3 Å². The van der Waals surface area contributed by atoms with Crippen molar-refractivity contribution in [3.8, 4) is 0 Å². The van der Waals surface area contributed by atoms with Crippen molar-refractivity contribution in [1.29, 1.82) is 0 Å². The van der Waals surface area contributed by atoms with Gasteiger partial charge in [-0.1, -0.05) is 11.6 Å². The van der Waals surface area contributed by atoms with Crippen molar-refractivity contribution in [2.24, 2.45) is 0 Å². The Morgan fingerprint density at radius 2 is 2.05 bits per heavy atom. The number of aryl methyl sites for hydroxylation is 1. The quantitative estimate of drug-likeness (QED) is 0.784. The normalized spacial score (nSPS) is 17.7. The molecule has 0 saturated carbocycles. The van der Waals surface area contributed by atoms with Gasteiger partial charge in [0.1, 0.15) is 0 Å². The molecule has 1 fully saturated rings. The zero-order valence-electron chi connectivity index (χ0n) is 11.2. The monoisotopic (exact) mass is 287 g/mol. The van der Waals surface area contributed by atoms with Gasteiger partial charge in [0.15, 0.2) is 0 Å². The van der Waals surface area contributed by atoms with Gasteiger partial charge in [-0.2, -0.15) is 0 Å². The second kappa shape index (κ2) is 6.44. The molecule has 2 heterocycles. The lowest BCUT2D eigenvalue weighted by molar-refractivity contribution is 0.218. The second-order valence-corrected chi connectivity index (χ2v) is 6.88. The van der Waals surface area contributed by atoms with Crippen molar-refractivity contribution < 1.29 is 8.42 Å². The topological polar surface area (TPSA) is 80.1 Å². The van der Waals surface area contributed by atoms with Crippen LogP contribution in [0.5, 0.6) is 0 Å². The maximum Gasteiger partial charge on any atom is 0.213 e. The first-order valence-corrected chi connectivity index (χ1v) is 8.27. The van der Waals surface area contributed by atoms with E-state index in [0.29, 0.717) is 6.54 Å².